The standard InChI is InChI=1S/C13H14N2O/c1-10-7-12(13(14)15-8-10)16-9-11-5-3-2-4-6-11/h2-8H,9H2,1H3,(H2,14,15). The Labute approximate surface area is 94.9 Å². The zero-order valence-corrected chi connectivity index (χ0v) is 9.18. The van der Waals surface area contributed by atoms with Crippen molar-refractivity contribution in [2.75, 3.05) is 5.73 Å². The summed E-state index contributed by atoms with van der Waals surface area (Å²) in [5, 5.41) is 0. The Morgan fingerprint density at radius 1 is 1.25 bits per heavy atom. The summed E-state index contributed by atoms with van der Waals surface area (Å²) in [7, 11) is 0. The van der Waals surface area contributed by atoms with Crippen molar-refractivity contribution in [1.82, 2.24) is 4.98 Å². The van der Waals surface area contributed by atoms with Crippen molar-refractivity contribution < 1.29 is 4.74 Å². The number of nitrogens with two attached hydrogens (primary N) is 1. The molecule has 0 saturated heterocycles. The van der Waals surface area contributed by atoms with Crippen LogP contribution in [0, 0.1) is 6.92 Å². The first-order valence-electron chi connectivity index (χ1n) is 5.14. The van der Waals surface area contributed by atoms with Gasteiger partial charge < -0.3 is 10.5 Å². The molecule has 2 rings (SSSR count). The van der Waals surface area contributed by atoms with Gasteiger partial charge in [-0.1, -0.05) is 30.3 Å². The SMILES string of the molecule is Cc1cnc(N)c(OCc2ccccc2)c1. The predicted octanol–water partition coefficient (Wildman–Crippen LogP) is 2.55. The van der Waals surface area contributed by atoms with Gasteiger partial charge in [-0.25, -0.2) is 4.98 Å². The van der Waals surface area contributed by atoms with E-state index >= 15 is 0 Å². The van der Waals surface area contributed by atoms with E-state index in [1.54, 1.807) is 6.20 Å². The third-order valence-electron chi connectivity index (χ3n) is 2.26. The van der Waals surface area contributed by atoms with Crippen LogP contribution in [0.2, 0.25) is 0 Å². The Hall–Kier alpha value is -2.03. The fraction of sp³-hybridized carbons (Fsp3) is 0.154. The fourth-order valence-corrected chi connectivity index (χ4v) is 1.40. The minimum absolute atomic E-state index is 0.432. The maximum Gasteiger partial charge on any atom is 0.166 e. The molecule has 3 nitrogen and oxygen atoms in total. The highest BCUT2D eigenvalue weighted by atomic mass is 16.5. The predicted molar refractivity (Wildman–Crippen MR) is 64.2 cm³/mol. The second-order valence-corrected chi connectivity index (χ2v) is 3.67. The first-order chi connectivity index (χ1) is 7.75. The Morgan fingerprint density at radius 3 is 2.75 bits per heavy atom. The normalized spacial score (nSPS) is 10.1. The topological polar surface area (TPSA) is 48.1 Å². The molecule has 0 fully saturated rings. The van der Waals surface area contributed by atoms with Crippen LogP contribution in [0.25, 0.3) is 0 Å². The van der Waals surface area contributed by atoms with E-state index < -0.39 is 0 Å². The second-order valence-electron chi connectivity index (χ2n) is 3.67. The average Bonchev–Trinajstić information content (AvgIpc) is 2.32. The number of anilines is 1. The van der Waals surface area contributed by atoms with E-state index in [1.165, 1.54) is 0 Å². The molecule has 0 unspecified atom stereocenters. The molecule has 0 amide bonds. The Morgan fingerprint density at radius 2 is 2.00 bits per heavy atom. The molecule has 0 aliphatic heterocycles. The Kier molecular flexibility index (Phi) is 3.05. The summed E-state index contributed by atoms with van der Waals surface area (Å²) in [4.78, 5) is 4.04. The number of aryl methyl sites for hydroxylation is 1. The molecular weight excluding hydrogens is 200 g/mol. The number of pyridine rings is 1. The molecule has 0 radical (unpaired) electrons. The van der Waals surface area contributed by atoms with Crippen molar-refractivity contribution in [3.8, 4) is 5.75 Å². The van der Waals surface area contributed by atoms with E-state index in [9.17, 15) is 0 Å². The number of nitrogens with zero attached hydrogens (tertiary/aromatic N) is 1. The lowest BCUT2D eigenvalue weighted by Gasteiger charge is -2.08. The summed E-state index contributed by atoms with van der Waals surface area (Å²) in [5.41, 5.74) is 7.87. The lowest BCUT2D eigenvalue weighted by atomic mass is 10.2. The third-order valence-corrected chi connectivity index (χ3v) is 2.26. The lowest BCUT2D eigenvalue weighted by molar-refractivity contribution is 0.307. The summed E-state index contributed by atoms with van der Waals surface area (Å²) in [5.74, 6) is 1.07. The van der Waals surface area contributed by atoms with E-state index in [0.29, 0.717) is 18.2 Å². The molecule has 1 aromatic carbocycles. The van der Waals surface area contributed by atoms with Gasteiger partial charge in [0.2, 0.25) is 0 Å². The van der Waals surface area contributed by atoms with Gasteiger partial charge in [-0.2, -0.15) is 0 Å². The van der Waals surface area contributed by atoms with Gasteiger partial charge in [0.15, 0.2) is 11.6 Å². The molecule has 82 valence electrons. The van der Waals surface area contributed by atoms with Gasteiger partial charge in [-0.15, -0.1) is 0 Å². The summed E-state index contributed by atoms with van der Waals surface area (Å²) in [6, 6.07) is 11.9. The molecule has 0 saturated carbocycles. The number of nitrogen functional groups attached to an aromatic ring is 1. The van der Waals surface area contributed by atoms with Gasteiger partial charge in [-0.3, -0.25) is 0 Å². The molecule has 1 aromatic heterocycles. The quantitative estimate of drug-likeness (QED) is 0.854. The van der Waals surface area contributed by atoms with Crippen molar-refractivity contribution in [2.45, 2.75) is 13.5 Å². The second kappa shape index (κ2) is 4.66. The molecule has 16 heavy (non-hydrogen) atoms. The zero-order chi connectivity index (χ0) is 11.4. The van der Waals surface area contributed by atoms with E-state index in [0.717, 1.165) is 11.1 Å². The van der Waals surface area contributed by atoms with Crippen LogP contribution < -0.4 is 10.5 Å². The van der Waals surface area contributed by atoms with Gasteiger partial charge in [-0.05, 0) is 24.1 Å². The average molecular weight is 214 g/mol. The first-order valence-corrected chi connectivity index (χ1v) is 5.14. The molecule has 2 aromatic rings. The molecule has 3 heteroatoms. The molecule has 2 N–H and O–H groups in total. The maximum absolute atomic E-state index is 5.72. The van der Waals surface area contributed by atoms with Crippen LogP contribution in [0.3, 0.4) is 0 Å². The molecule has 1 heterocycles. The van der Waals surface area contributed by atoms with E-state index in [1.807, 2.05) is 43.3 Å². The largest absolute Gasteiger partial charge is 0.485 e. The number of hydrogen-bond acceptors (Lipinski definition) is 3. The van der Waals surface area contributed by atoms with Crippen molar-refractivity contribution in [2.24, 2.45) is 0 Å². The molecule has 0 spiro atoms. The van der Waals surface area contributed by atoms with Crippen LogP contribution in [0.15, 0.2) is 42.6 Å². The lowest BCUT2D eigenvalue weighted by Crippen LogP contribution is -2.00. The first kappa shape index (κ1) is 10.5. The van der Waals surface area contributed by atoms with Crippen molar-refractivity contribution in [3.05, 3.63) is 53.7 Å². The van der Waals surface area contributed by atoms with Crippen molar-refractivity contribution in [3.63, 3.8) is 0 Å². The van der Waals surface area contributed by atoms with E-state index in [4.69, 9.17) is 10.5 Å². The van der Waals surface area contributed by atoms with Gasteiger partial charge in [0, 0.05) is 6.20 Å². The van der Waals surface area contributed by atoms with Crippen LogP contribution in [-0.4, -0.2) is 4.98 Å². The fourth-order valence-electron chi connectivity index (χ4n) is 1.40. The van der Waals surface area contributed by atoms with Crippen LogP contribution in [0.4, 0.5) is 5.82 Å². The highest BCUT2D eigenvalue weighted by Crippen LogP contribution is 2.20. The van der Waals surface area contributed by atoms with E-state index in [-0.39, 0.29) is 0 Å². The zero-order valence-electron chi connectivity index (χ0n) is 9.18. The number of rotatable bonds is 3. The smallest absolute Gasteiger partial charge is 0.166 e. The molecular formula is C13H14N2O. The minimum atomic E-state index is 0.432. The molecule has 0 bridgehead atoms. The van der Waals surface area contributed by atoms with Crippen molar-refractivity contribution >= 4 is 5.82 Å². The molecule has 0 aliphatic rings. The Balaban J connectivity index is 2.08. The minimum Gasteiger partial charge on any atom is -0.485 e. The molecule has 0 atom stereocenters. The Bertz CT molecular complexity index is 469. The van der Waals surface area contributed by atoms with Gasteiger partial charge in [0.1, 0.15) is 6.61 Å². The number of ether oxygens (including phenoxy) is 1. The van der Waals surface area contributed by atoms with Gasteiger partial charge in [0.05, 0.1) is 0 Å². The van der Waals surface area contributed by atoms with Crippen molar-refractivity contribution in [1.29, 1.82) is 0 Å². The molecule has 0 aliphatic carbocycles. The van der Waals surface area contributed by atoms with Gasteiger partial charge in [0.25, 0.3) is 0 Å². The summed E-state index contributed by atoms with van der Waals surface area (Å²) in [6.07, 6.45) is 1.73. The number of benzene rings is 1. The summed E-state index contributed by atoms with van der Waals surface area (Å²) in [6.45, 7) is 2.47. The number of aromatic nitrogens is 1. The monoisotopic (exact) mass is 214 g/mol. The van der Waals surface area contributed by atoms with Gasteiger partial charge >= 0.3 is 0 Å². The van der Waals surface area contributed by atoms with Crippen LogP contribution in [0.1, 0.15) is 11.1 Å². The summed E-state index contributed by atoms with van der Waals surface area (Å²) < 4.78 is 5.62. The number of hydrogen-bond donors (Lipinski definition) is 1. The van der Waals surface area contributed by atoms with Crippen LogP contribution >= 0.6 is 0 Å². The van der Waals surface area contributed by atoms with E-state index in [2.05, 4.69) is 4.98 Å². The highest BCUT2D eigenvalue weighted by Gasteiger charge is 2.02. The highest BCUT2D eigenvalue weighted by molar-refractivity contribution is 5.46. The van der Waals surface area contributed by atoms with Crippen LogP contribution in [0.5, 0.6) is 5.75 Å². The summed E-state index contributed by atoms with van der Waals surface area (Å²) >= 11 is 0. The third kappa shape index (κ3) is 2.51. The maximum atomic E-state index is 5.72. The van der Waals surface area contributed by atoms with Crippen LogP contribution in [-0.2, 0) is 6.61 Å².